The first kappa shape index (κ1) is 22.9. The predicted octanol–water partition coefficient (Wildman–Crippen LogP) is 2.46. The van der Waals surface area contributed by atoms with Gasteiger partial charge in [-0.25, -0.2) is 0 Å². The fraction of sp³-hybridized carbons (Fsp3) is 0.400. The van der Waals surface area contributed by atoms with E-state index in [1.807, 2.05) is 18.2 Å². The third-order valence-corrected chi connectivity index (χ3v) is 6.11. The Labute approximate surface area is 194 Å². The Morgan fingerprint density at radius 3 is 2.64 bits per heavy atom. The summed E-state index contributed by atoms with van der Waals surface area (Å²) >= 11 is 0. The summed E-state index contributed by atoms with van der Waals surface area (Å²) in [7, 11) is 1.73. The molecule has 0 saturated carbocycles. The Balaban J connectivity index is 1.35. The summed E-state index contributed by atoms with van der Waals surface area (Å²) < 4.78 is 5.59. The first-order valence-corrected chi connectivity index (χ1v) is 11.3. The lowest BCUT2D eigenvalue weighted by molar-refractivity contribution is -0.00799. The summed E-state index contributed by atoms with van der Waals surface area (Å²) in [5, 5.41) is 11.2. The highest BCUT2D eigenvalue weighted by Gasteiger charge is 2.35. The first-order valence-electron chi connectivity index (χ1n) is 11.3. The smallest absolute Gasteiger partial charge is 0.253 e. The molecule has 0 radical (unpaired) electrons. The van der Waals surface area contributed by atoms with Crippen molar-refractivity contribution in [3.05, 3.63) is 60.4 Å². The van der Waals surface area contributed by atoms with Gasteiger partial charge in [0.15, 0.2) is 0 Å². The molecule has 0 atom stereocenters. The number of aromatic nitrogens is 2. The molecule has 1 aliphatic heterocycles. The van der Waals surface area contributed by atoms with Crippen LogP contribution in [0.25, 0.3) is 11.0 Å². The summed E-state index contributed by atoms with van der Waals surface area (Å²) in [6, 6.07) is 12.9. The fourth-order valence-electron chi connectivity index (χ4n) is 4.24. The van der Waals surface area contributed by atoms with Crippen LogP contribution in [0.2, 0.25) is 0 Å². The average molecular weight is 450 g/mol. The van der Waals surface area contributed by atoms with Crippen molar-refractivity contribution in [3.8, 4) is 5.75 Å². The van der Waals surface area contributed by atoms with Gasteiger partial charge in [0, 0.05) is 44.6 Å². The lowest BCUT2D eigenvalue weighted by Crippen LogP contribution is -2.51. The second-order valence-corrected chi connectivity index (χ2v) is 8.59. The van der Waals surface area contributed by atoms with Crippen molar-refractivity contribution in [3.63, 3.8) is 0 Å². The van der Waals surface area contributed by atoms with Crippen LogP contribution in [0, 0.1) is 0 Å². The average Bonchev–Trinajstić information content (AvgIpc) is 2.84. The van der Waals surface area contributed by atoms with Crippen molar-refractivity contribution in [1.29, 1.82) is 0 Å². The fourth-order valence-corrected chi connectivity index (χ4v) is 4.24. The van der Waals surface area contributed by atoms with Gasteiger partial charge < -0.3 is 25.4 Å². The number of aliphatic hydroxyl groups is 1. The van der Waals surface area contributed by atoms with Crippen molar-refractivity contribution in [2.45, 2.75) is 24.9 Å². The number of fused-ring (bicyclic) bond motifs is 1. The minimum absolute atomic E-state index is 0.122. The number of amides is 1. The van der Waals surface area contributed by atoms with Gasteiger partial charge in [-0.1, -0.05) is 0 Å². The molecule has 3 heterocycles. The number of hydrogen-bond donors (Lipinski definition) is 2. The second kappa shape index (κ2) is 10.1. The number of rotatable bonds is 8. The van der Waals surface area contributed by atoms with E-state index >= 15 is 0 Å². The normalized spacial score (nSPS) is 15.4. The van der Waals surface area contributed by atoms with E-state index in [4.69, 9.17) is 10.5 Å². The molecule has 8 heteroatoms. The molecule has 3 aromatic rings. The largest absolute Gasteiger partial charge is 0.494 e. The molecule has 1 saturated heterocycles. The predicted molar refractivity (Wildman–Crippen MR) is 129 cm³/mol. The first-order chi connectivity index (χ1) is 16.0. The molecule has 2 aromatic heterocycles. The van der Waals surface area contributed by atoms with Crippen LogP contribution in [0.4, 0.5) is 5.69 Å². The number of hydrogen-bond acceptors (Lipinski definition) is 7. The van der Waals surface area contributed by atoms with Gasteiger partial charge in [0.1, 0.15) is 11.3 Å². The van der Waals surface area contributed by atoms with Gasteiger partial charge in [-0.05, 0) is 68.3 Å². The Bertz CT molecular complexity index is 1080. The van der Waals surface area contributed by atoms with Crippen LogP contribution in [0.1, 0.15) is 29.6 Å². The van der Waals surface area contributed by atoms with Gasteiger partial charge >= 0.3 is 0 Å². The van der Waals surface area contributed by atoms with Crippen LogP contribution in [0.15, 0.2) is 54.9 Å². The van der Waals surface area contributed by atoms with Gasteiger partial charge in [-0.15, -0.1) is 0 Å². The van der Waals surface area contributed by atoms with Crippen molar-refractivity contribution in [2.24, 2.45) is 5.73 Å². The van der Waals surface area contributed by atoms with Crippen molar-refractivity contribution < 1.29 is 14.6 Å². The third kappa shape index (κ3) is 5.40. The highest BCUT2D eigenvalue weighted by molar-refractivity contribution is 5.94. The van der Waals surface area contributed by atoms with Crippen LogP contribution >= 0.6 is 0 Å². The highest BCUT2D eigenvalue weighted by atomic mass is 16.5. The van der Waals surface area contributed by atoms with Gasteiger partial charge in [0.05, 0.1) is 23.4 Å². The molecular formula is C25H31N5O3. The minimum atomic E-state index is -0.928. The van der Waals surface area contributed by atoms with Crippen molar-refractivity contribution in [2.75, 3.05) is 44.7 Å². The molecule has 1 aliphatic rings. The number of anilines is 1. The summed E-state index contributed by atoms with van der Waals surface area (Å²) in [6.07, 6.45) is 5.48. The summed E-state index contributed by atoms with van der Waals surface area (Å²) in [4.78, 5) is 25.6. The standard InChI is InChI=1S/C25H31N5O3/c1-29(24(31)19-5-7-20(8-6-19)33-17-3-12-26)18-25(32)10-15-30(16-11-25)22-9-14-27-21-4-2-13-28-23(21)22/h2,4-9,13-14,32H,3,10-12,15-18,26H2,1H3. The van der Waals surface area contributed by atoms with Crippen LogP contribution < -0.4 is 15.4 Å². The van der Waals surface area contributed by atoms with Crippen LogP contribution in [-0.2, 0) is 0 Å². The number of carbonyl (C=O) groups is 1. The molecule has 1 fully saturated rings. The number of benzene rings is 1. The molecular weight excluding hydrogens is 418 g/mol. The number of likely N-dealkylation sites (N-methyl/N-ethyl adjacent to an activating group) is 1. The van der Waals surface area contributed by atoms with E-state index in [2.05, 4.69) is 14.9 Å². The van der Waals surface area contributed by atoms with Crippen LogP contribution in [-0.4, -0.2) is 71.3 Å². The maximum Gasteiger partial charge on any atom is 0.253 e. The quantitative estimate of drug-likeness (QED) is 0.509. The van der Waals surface area contributed by atoms with E-state index in [0.29, 0.717) is 50.4 Å². The minimum Gasteiger partial charge on any atom is -0.494 e. The van der Waals surface area contributed by atoms with Crippen LogP contribution in [0.3, 0.4) is 0 Å². The molecule has 4 rings (SSSR count). The monoisotopic (exact) mass is 449 g/mol. The van der Waals surface area contributed by atoms with Crippen molar-refractivity contribution >= 4 is 22.6 Å². The maximum atomic E-state index is 12.9. The Hall–Kier alpha value is -3.23. The lowest BCUT2D eigenvalue weighted by Gasteiger charge is -2.41. The van der Waals surface area contributed by atoms with Gasteiger partial charge in [0.25, 0.3) is 5.91 Å². The zero-order valence-corrected chi connectivity index (χ0v) is 19.0. The summed E-state index contributed by atoms with van der Waals surface area (Å²) in [5.41, 5.74) is 7.87. The Morgan fingerprint density at radius 1 is 1.15 bits per heavy atom. The molecule has 3 N–H and O–H groups in total. The zero-order valence-electron chi connectivity index (χ0n) is 19.0. The molecule has 0 spiro atoms. The van der Waals surface area contributed by atoms with Crippen molar-refractivity contribution in [1.82, 2.24) is 14.9 Å². The number of piperidine rings is 1. The number of pyridine rings is 2. The van der Waals surface area contributed by atoms with Gasteiger partial charge in [-0.3, -0.25) is 14.8 Å². The Kier molecular flexibility index (Phi) is 7.05. The number of carbonyl (C=O) groups excluding carboxylic acids is 1. The molecule has 0 aliphatic carbocycles. The van der Waals surface area contributed by atoms with E-state index < -0.39 is 5.60 Å². The molecule has 1 aromatic carbocycles. The number of nitrogens with two attached hydrogens (primary N) is 1. The van der Waals surface area contributed by atoms with E-state index in [1.54, 1.807) is 48.6 Å². The number of ether oxygens (including phenoxy) is 1. The summed E-state index contributed by atoms with van der Waals surface area (Å²) in [6.45, 7) is 2.78. The van der Waals surface area contributed by atoms with E-state index in [-0.39, 0.29) is 12.5 Å². The zero-order chi connectivity index (χ0) is 23.3. The lowest BCUT2D eigenvalue weighted by atomic mass is 9.90. The topological polar surface area (TPSA) is 105 Å². The third-order valence-electron chi connectivity index (χ3n) is 6.11. The Morgan fingerprint density at radius 2 is 1.91 bits per heavy atom. The SMILES string of the molecule is CN(CC1(O)CCN(c2ccnc3cccnc23)CC1)C(=O)c1ccc(OCCCN)cc1. The number of nitrogens with zero attached hydrogens (tertiary/aromatic N) is 4. The molecule has 0 unspecified atom stereocenters. The van der Waals surface area contributed by atoms with E-state index in [9.17, 15) is 9.90 Å². The molecule has 0 bridgehead atoms. The van der Waals surface area contributed by atoms with Crippen LogP contribution in [0.5, 0.6) is 5.75 Å². The van der Waals surface area contributed by atoms with E-state index in [1.165, 1.54) is 0 Å². The van der Waals surface area contributed by atoms with Gasteiger partial charge in [-0.2, -0.15) is 0 Å². The maximum absolute atomic E-state index is 12.9. The second-order valence-electron chi connectivity index (χ2n) is 8.59. The molecule has 8 nitrogen and oxygen atoms in total. The molecule has 174 valence electrons. The summed E-state index contributed by atoms with van der Waals surface area (Å²) in [5.74, 6) is 0.593. The molecule has 1 amide bonds. The van der Waals surface area contributed by atoms with Gasteiger partial charge in [0.2, 0.25) is 0 Å². The molecule has 33 heavy (non-hydrogen) atoms. The van der Waals surface area contributed by atoms with E-state index in [0.717, 1.165) is 23.1 Å². The highest BCUT2D eigenvalue weighted by Crippen LogP contribution is 2.30.